The molecule has 0 saturated carbocycles. The van der Waals surface area contributed by atoms with Crippen LogP contribution in [-0.4, -0.2) is 0 Å². The summed E-state index contributed by atoms with van der Waals surface area (Å²) in [6.07, 6.45) is 0. The summed E-state index contributed by atoms with van der Waals surface area (Å²) >= 11 is 1.85. The molecule has 0 spiro atoms. The molecule has 10 rings (SSSR count). The van der Waals surface area contributed by atoms with Crippen LogP contribution >= 0.6 is 11.3 Å². The number of hydrogen-bond acceptors (Lipinski definition) is 2. The zero-order valence-corrected chi connectivity index (χ0v) is 30.4. The van der Waals surface area contributed by atoms with E-state index in [0.717, 1.165) is 17.1 Å². The molecular weight excluding hydrogens is 671 g/mol. The highest BCUT2D eigenvalue weighted by molar-refractivity contribution is 7.25. The maximum absolute atomic E-state index is 2.37. The van der Waals surface area contributed by atoms with Crippen molar-refractivity contribution < 1.29 is 0 Å². The van der Waals surface area contributed by atoms with E-state index < -0.39 is 0 Å². The molecule has 0 saturated heterocycles. The maximum Gasteiger partial charge on any atom is 0.0468 e. The van der Waals surface area contributed by atoms with Gasteiger partial charge in [-0.05, 0) is 110 Å². The number of thiophene rings is 1. The van der Waals surface area contributed by atoms with Crippen LogP contribution in [0.5, 0.6) is 0 Å². The Morgan fingerprint density at radius 2 is 0.759 bits per heavy atom. The van der Waals surface area contributed by atoms with Gasteiger partial charge in [0.2, 0.25) is 0 Å². The molecule has 0 N–H and O–H groups in total. The van der Waals surface area contributed by atoms with Gasteiger partial charge in [0, 0.05) is 37.2 Å². The Kier molecular flexibility index (Phi) is 8.09. The molecule has 0 radical (unpaired) electrons. The highest BCUT2D eigenvalue weighted by Crippen LogP contribution is 2.41. The van der Waals surface area contributed by atoms with Crippen molar-refractivity contribution in [1.82, 2.24) is 0 Å². The minimum Gasteiger partial charge on any atom is -0.310 e. The Hall–Kier alpha value is -6.74. The van der Waals surface area contributed by atoms with E-state index in [1.807, 2.05) is 11.3 Å². The molecule has 0 aliphatic heterocycles. The molecule has 1 heterocycles. The van der Waals surface area contributed by atoms with Crippen LogP contribution in [-0.2, 0) is 0 Å². The van der Waals surface area contributed by atoms with Gasteiger partial charge < -0.3 is 4.90 Å². The summed E-state index contributed by atoms with van der Waals surface area (Å²) in [4.78, 5) is 2.37. The fourth-order valence-electron chi connectivity index (χ4n) is 7.74. The summed E-state index contributed by atoms with van der Waals surface area (Å²) in [6, 6.07) is 77.1. The second-order valence-electron chi connectivity index (χ2n) is 13.8. The molecule has 1 nitrogen and oxygen atoms in total. The van der Waals surface area contributed by atoms with Gasteiger partial charge in [-0.1, -0.05) is 158 Å². The van der Waals surface area contributed by atoms with E-state index in [1.165, 1.54) is 75.5 Å². The number of anilines is 3. The Morgan fingerprint density at radius 1 is 0.278 bits per heavy atom. The molecule has 0 bridgehead atoms. The van der Waals surface area contributed by atoms with Gasteiger partial charge in [-0.2, -0.15) is 0 Å². The normalized spacial score (nSPS) is 11.3. The summed E-state index contributed by atoms with van der Waals surface area (Å²) in [5, 5.41) is 5.13. The molecule has 0 unspecified atom stereocenters. The van der Waals surface area contributed by atoms with Gasteiger partial charge in [-0.3, -0.25) is 0 Å². The lowest BCUT2D eigenvalue weighted by atomic mass is 9.94. The van der Waals surface area contributed by atoms with Gasteiger partial charge in [-0.25, -0.2) is 0 Å². The molecule has 9 aromatic carbocycles. The highest BCUT2D eigenvalue weighted by atomic mass is 32.1. The van der Waals surface area contributed by atoms with Gasteiger partial charge in [0.25, 0.3) is 0 Å². The molecule has 54 heavy (non-hydrogen) atoms. The first-order valence-corrected chi connectivity index (χ1v) is 19.2. The van der Waals surface area contributed by atoms with Gasteiger partial charge in [0.1, 0.15) is 0 Å². The van der Waals surface area contributed by atoms with E-state index in [-0.39, 0.29) is 0 Å². The van der Waals surface area contributed by atoms with Gasteiger partial charge >= 0.3 is 0 Å². The van der Waals surface area contributed by atoms with Crippen molar-refractivity contribution in [3.8, 4) is 44.5 Å². The molecule has 0 aliphatic rings. The lowest BCUT2D eigenvalue weighted by Crippen LogP contribution is -2.09. The van der Waals surface area contributed by atoms with Crippen molar-refractivity contribution in [2.45, 2.75) is 0 Å². The predicted molar refractivity (Wildman–Crippen MR) is 233 cm³/mol. The van der Waals surface area contributed by atoms with Crippen molar-refractivity contribution in [2.75, 3.05) is 4.90 Å². The van der Waals surface area contributed by atoms with Crippen molar-refractivity contribution in [2.24, 2.45) is 0 Å². The number of nitrogens with zero attached hydrogens (tertiary/aromatic N) is 1. The summed E-state index contributed by atoms with van der Waals surface area (Å²) in [5.41, 5.74) is 13.1. The first kappa shape index (κ1) is 32.0. The third-order valence-corrected chi connectivity index (χ3v) is 11.6. The quantitative estimate of drug-likeness (QED) is 0.160. The lowest BCUT2D eigenvalue weighted by Gasteiger charge is -2.26. The van der Waals surface area contributed by atoms with Gasteiger partial charge in [0.05, 0.1) is 0 Å². The molecule has 1 aromatic heterocycles. The molecule has 254 valence electrons. The summed E-state index contributed by atoms with van der Waals surface area (Å²) in [5.74, 6) is 0. The topological polar surface area (TPSA) is 3.24 Å². The fourth-order valence-corrected chi connectivity index (χ4v) is 8.82. The Balaban J connectivity index is 0.978. The molecule has 0 fully saturated rings. The van der Waals surface area contributed by atoms with Crippen LogP contribution in [0, 0.1) is 0 Å². The average Bonchev–Trinajstić information content (AvgIpc) is 3.63. The number of benzene rings is 9. The zero-order valence-electron chi connectivity index (χ0n) is 29.6. The lowest BCUT2D eigenvalue weighted by molar-refractivity contribution is 1.29. The molecular formula is C52H35NS. The van der Waals surface area contributed by atoms with E-state index in [9.17, 15) is 0 Å². The monoisotopic (exact) mass is 705 g/mol. The van der Waals surface area contributed by atoms with Crippen LogP contribution in [0.4, 0.5) is 17.1 Å². The molecule has 0 atom stereocenters. The average molecular weight is 706 g/mol. The molecule has 0 amide bonds. The minimum absolute atomic E-state index is 1.12. The molecule has 10 aromatic rings. The van der Waals surface area contributed by atoms with Crippen molar-refractivity contribution in [1.29, 1.82) is 0 Å². The number of rotatable bonds is 7. The maximum atomic E-state index is 2.37. The van der Waals surface area contributed by atoms with Crippen LogP contribution in [0.2, 0.25) is 0 Å². The van der Waals surface area contributed by atoms with Crippen LogP contribution in [0.15, 0.2) is 212 Å². The summed E-state index contributed by atoms with van der Waals surface area (Å²) in [6.45, 7) is 0. The van der Waals surface area contributed by atoms with Crippen molar-refractivity contribution >= 4 is 59.3 Å². The van der Waals surface area contributed by atoms with Gasteiger partial charge in [0.15, 0.2) is 0 Å². The Labute approximate surface area is 319 Å². The van der Waals surface area contributed by atoms with Crippen LogP contribution in [0.3, 0.4) is 0 Å². The van der Waals surface area contributed by atoms with Crippen molar-refractivity contribution in [3.05, 3.63) is 212 Å². The van der Waals surface area contributed by atoms with Crippen molar-refractivity contribution in [3.63, 3.8) is 0 Å². The van der Waals surface area contributed by atoms with Crippen LogP contribution in [0.25, 0.3) is 75.5 Å². The second-order valence-corrected chi connectivity index (χ2v) is 14.8. The summed E-state index contributed by atoms with van der Waals surface area (Å²) < 4.78 is 2.62. The van der Waals surface area contributed by atoms with Crippen LogP contribution in [0.1, 0.15) is 0 Å². The van der Waals surface area contributed by atoms with E-state index in [4.69, 9.17) is 0 Å². The largest absolute Gasteiger partial charge is 0.310 e. The van der Waals surface area contributed by atoms with E-state index in [0.29, 0.717) is 0 Å². The molecule has 0 aliphatic carbocycles. The van der Waals surface area contributed by atoms with Gasteiger partial charge in [-0.15, -0.1) is 11.3 Å². The Morgan fingerprint density at radius 3 is 1.48 bits per heavy atom. The second kappa shape index (κ2) is 13.7. The third-order valence-electron chi connectivity index (χ3n) is 10.5. The predicted octanol–water partition coefficient (Wildman–Crippen LogP) is 15.3. The fraction of sp³-hybridized carbons (Fsp3) is 0. The van der Waals surface area contributed by atoms with E-state index in [1.54, 1.807) is 0 Å². The first-order valence-electron chi connectivity index (χ1n) is 18.4. The minimum atomic E-state index is 1.12. The highest BCUT2D eigenvalue weighted by Gasteiger charge is 2.16. The molecule has 2 heteroatoms. The summed E-state index contributed by atoms with van der Waals surface area (Å²) in [7, 11) is 0. The van der Waals surface area contributed by atoms with E-state index >= 15 is 0 Å². The van der Waals surface area contributed by atoms with E-state index in [2.05, 4.69) is 217 Å². The first-order chi connectivity index (χ1) is 26.7. The zero-order chi connectivity index (χ0) is 35.8. The number of hydrogen-bond donors (Lipinski definition) is 0. The Bertz CT molecular complexity index is 2900. The standard InChI is InChI=1S/C52H35NS/c1-2-10-36(11-3-1)38-24-28-44(29-25-38)53(46-32-33-52-50(35-46)49-17-6-7-19-51(49)54-52)45-30-26-39(27-31-45)37-20-22-40(23-21-37)42-14-8-15-43(34-42)48-18-9-13-41-12-4-5-16-47(41)48/h1-35H. The number of fused-ring (bicyclic) bond motifs is 4. The van der Waals surface area contributed by atoms with Crippen LogP contribution < -0.4 is 4.90 Å². The third kappa shape index (κ3) is 5.93. The smallest absolute Gasteiger partial charge is 0.0468 e. The SMILES string of the molecule is c1ccc(-c2ccc(N(c3ccc(-c4ccc(-c5cccc(-c6cccc7ccccc67)c5)cc4)cc3)c3ccc4sc5ccccc5c4c3)cc2)cc1.